The minimum Gasteiger partial charge on any atom is -0.462 e. The van der Waals surface area contributed by atoms with Gasteiger partial charge in [0.1, 0.15) is 13.2 Å². The Bertz CT molecular complexity index is 1660. The van der Waals surface area contributed by atoms with Gasteiger partial charge in [0, 0.05) is 19.3 Å². The molecule has 0 N–H and O–H groups in total. The third-order valence-electron chi connectivity index (χ3n) is 15.2. The van der Waals surface area contributed by atoms with Gasteiger partial charge < -0.3 is 14.2 Å². The average Bonchev–Trinajstić information content (AvgIpc) is 3.49. The molecular weight excluding hydrogens is 1020 g/mol. The standard InChI is InChI=1S/C77H132O6/c1-4-7-10-13-16-19-22-25-28-31-33-35-37-38-40-41-43-46-49-52-55-58-61-64-67-70-76(79)82-73-74(72-81-75(78)69-66-63-60-57-54-51-48-45-30-27-24-21-18-15-12-9-6-3)83-77(80)71-68-65-62-59-56-53-50-47-44-42-39-36-34-32-29-26-23-20-17-14-11-8-5-2/h7,9-10,12,16,18-19,21,25,27-28,30,32-35,48,51,74H,4-6,8,11,13-15,17,20,22-24,26,29,31,36-47,49-50,52-73H2,1-3H3/b10-7-,12-9-,19-16-,21-18-,28-25-,30-27-,34-32-,35-33-,51-48-. The highest BCUT2D eigenvalue weighted by Crippen LogP contribution is 2.17. The molecule has 0 saturated heterocycles. The second-order valence-corrected chi connectivity index (χ2v) is 23.4. The van der Waals surface area contributed by atoms with E-state index in [9.17, 15) is 14.4 Å². The summed E-state index contributed by atoms with van der Waals surface area (Å²) in [6, 6.07) is 0. The Morgan fingerprint density at radius 3 is 0.747 bits per heavy atom. The Morgan fingerprint density at radius 1 is 0.253 bits per heavy atom. The van der Waals surface area contributed by atoms with Gasteiger partial charge in [0.05, 0.1) is 0 Å². The quantitative estimate of drug-likeness (QED) is 0.0261. The number of carbonyl (C=O) groups is 3. The van der Waals surface area contributed by atoms with Gasteiger partial charge in [-0.15, -0.1) is 0 Å². The third kappa shape index (κ3) is 68.7. The van der Waals surface area contributed by atoms with E-state index in [4.69, 9.17) is 14.2 Å². The number of hydrogen-bond acceptors (Lipinski definition) is 6. The fraction of sp³-hybridized carbons (Fsp3) is 0.727. The Morgan fingerprint density at radius 2 is 0.470 bits per heavy atom. The van der Waals surface area contributed by atoms with Crippen molar-refractivity contribution in [3.8, 4) is 0 Å². The van der Waals surface area contributed by atoms with Crippen molar-refractivity contribution in [1.82, 2.24) is 0 Å². The number of hydrogen-bond donors (Lipinski definition) is 0. The molecule has 0 aliphatic heterocycles. The molecule has 1 unspecified atom stereocenters. The first kappa shape index (κ1) is 79.1. The molecule has 0 bridgehead atoms. The predicted molar refractivity (Wildman–Crippen MR) is 362 cm³/mol. The number of unbranched alkanes of at least 4 members (excludes halogenated alkanes) is 35. The maximum Gasteiger partial charge on any atom is 0.306 e. The summed E-state index contributed by atoms with van der Waals surface area (Å²) in [6.07, 6.45) is 96.8. The molecule has 0 amide bonds. The molecule has 0 fully saturated rings. The highest BCUT2D eigenvalue weighted by atomic mass is 16.6. The normalized spacial score (nSPS) is 12.8. The van der Waals surface area contributed by atoms with Crippen molar-refractivity contribution < 1.29 is 28.6 Å². The minimum atomic E-state index is -0.793. The van der Waals surface area contributed by atoms with E-state index in [0.29, 0.717) is 19.3 Å². The molecule has 0 heterocycles. The fourth-order valence-corrected chi connectivity index (χ4v) is 10.0. The van der Waals surface area contributed by atoms with Gasteiger partial charge in [-0.1, -0.05) is 310 Å². The van der Waals surface area contributed by atoms with Crippen molar-refractivity contribution in [2.45, 2.75) is 348 Å². The Labute approximate surface area is 514 Å². The molecule has 476 valence electrons. The van der Waals surface area contributed by atoms with Gasteiger partial charge in [-0.05, 0) is 122 Å². The van der Waals surface area contributed by atoms with Gasteiger partial charge >= 0.3 is 17.9 Å². The Kier molecular flexibility index (Phi) is 67.2. The Balaban J connectivity index is 4.37. The minimum absolute atomic E-state index is 0.0864. The van der Waals surface area contributed by atoms with Crippen molar-refractivity contribution in [3.05, 3.63) is 109 Å². The second-order valence-electron chi connectivity index (χ2n) is 23.4. The highest BCUT2D eigenvalue weighted by molar-refractivity contribution is 5.71. The van der Waals surface area contributed by atoms with E-state index in [1.54, 1.807) is 0 Å². The zero-order valence-electron chi connectivity index (χ0n) is 54.7. The molecule has 0 radical (unpaired) electrons. The van der Waals surface area contributed by atoms with Crippen LogP contribution in [0.4, 0.5) is 0 Å². The average molecular weight is 1150 g/mol. The maximum atomic E-state index is 13.0. The first-order valence-electron chi connectivity index (χ1n) is 35.4. The molecule has 0 rings (SSSR count). The van der Waals surface area contributed by atoms with Crippen molar-refractivity contribution >= 4 is 17.9 Å². The summed E-state index contributed by atoms with van der Waals surface area (Å²) in [7, 11) is 0. The van der Waals surface area contributed by atoms with E-state index in [-0.39, 0.29) is 31.1 Å². The molecule has 6 heteroatoms. The van der Waals surface area contributed by atoms with E-state index in [1.807, 2.05) is 0 Å². The molecule has 0 aromatic rings. The van der Waals surface area contributed by atoms with E-state index in [0.717, 1.165) is 122 Å². The van der Waals surface area contributed by atoms with E-state index in [2.05, 4.69) is 130 Å². The summed E-state index contributed by atoms with van der Waals surface area (Å²) in [5.41, 5.74) is 0. The smallest absolute Gasteiger partial charge is 0.306 e. The summed E-state index contributed by atoms with van der Waals surface area (Å²) in [5.74, 6) is -0.899. The lowest BCUT2D eigenvalue weighted by Crippen LogP contribution is -2.30. The van der Waals surface area contributed by atoms with Crippen LogP contribution in [0.5, 0.6) is 0 Å². The van der Waals surface area contributed by atoms with Crippen LogP contribution in [-0.2, 0) is 28.6 Å². The van der Waals surface area contributed by atoms with Gasteiger partial charge in [0.25, 0.3) is 0 Å². The SMILES string of the molecule is CC/C=C\C/C=C\C/C=C\C/C=C\CCCCCCCCCCCCCCC(=O)OCC(COC(=O)CCCCCC/C=C\C/C=C\C/C=C\C/C=C\CC)OC(=O)CCCCCCCCCCCCC/C=C\CCCCCCCCCC. The highest BCUT2D eigenvalue weighted by Gasteiger charge is 2.19. The van der Waals surface area contributed by atoms with Crippen LogP contribution in [0.1, 0.15) is 342 Å². The number of rotatable bonds is 64. The third-order valence-corrected chi connectivity index (χ3v) is 15.2. The lowest BCUT2D eigenvalue weighted by Gasteiger charge is -2.18. The zero-order chi connectivity index (χ0) is 59.9. The monoisotopic (exact) mass is 1150 g/mol. The van der Waals surface area contributed by atoms with Crippen LogP contribution in [-0.4, -0.2) is 37.2 Å². The number of ether oxygens (including phenoxy) is 3. The van der Waals surface area contributed by atoms with E-state index in [1.165, 1.54) is 180 Å². The van der Waals surface area contributed by atoms with Gasteiger partial charge in [0.2, 0.25) is 0 Å². The van der Waals surface area contributed by atoms with Crippen molar-refractivity contribution in [2.24, 2.45) is 0 Å². The molecule has 0 aliphatic carbocycles. The van der Waals surface area contributed by atoms with Crippen LogP contribution in [0, 0.1) is 0 Å². The van der Waals surface area contributed by atoms with Crippen LogP contribution in [0.25, 0.3) is 0 Å². The summed E-state index contributed by atoms with van der Waals surface area (Å²) in [4.78, 5) is 38.5. The largest absolute Gasteiger partial charge is 0.462 e. The number of carbonyl (C=O) groups excluding carboxylic acids is 3. The van der Waals surface area contributed by atoms with Crippen LogP contribution < -0.4 is 0 Å². The lowest BCUT2D eigenvalue weighted by atomic mass is 10.0. The van der Waals surface area contributed by atoms with Crippen molar-refractivity contribution in [1.29, 1.82) is 0 Å². The fourth-order valence-electron chi connectivity index (χ4n) is 10.0. The van der Waals surface area contributed by atoms with E-state index < -0.39 is 6.10 Å². The van der Waals surface area contributed by atoms with Gasteiger partial charge in [-0.3, -0.25) is 14.4 Å². The first-order chi connectivity index (χ1) is 41.0. The summed E-state index contributed by atoms with van der Waals surface area (Å²) in [5, 5.41) is 0. The summed E-state index contributed by atoms with van der Waals surface area (Å²) >= 11 is 0. The van der Waals surface area contributed by atoms with Crippen LogP contribution in [0.2, 0.25) is 0 Å². The lowest BCUT2D eigenvalue weighted by molar-refractivity contribution is -0.167. The van der Waals surface area contributed by atoms with Gasteiger partial charge in [-0.25, -0.2) is 0 Å². The molecule has 83 heavy (non-hydrogen) atoms. The van der Waals surface area contributed by atoms with Crippen LogP contribution >= 0.6 is 0 Å². The molecule has 0 aliphatic rings. The molecular formula is C77H132O6. The first-order valence-corrected chi connectivity index (χ1v) is 35.4. The van der Waals surface area contributed by atoms with Crippen molar-refractivity contribution in [2.75, 3.05) is 13.2 Å². The van der Waals surface area contributed by atoms with E-state index >= 15 is 0 Å². The van der Waals surface area contributed by atoms with Crippen molar-refractivity contribution in [3.63, 3.8) is 0 Å². The maximum absolute atomic E-state index is 13.0. The molecule has 0 aromatic carbocycles. The Hall–Kier alpha value is -3.93. The molecule has 0 spiro atoms. The topological polar surface area (TPSA) is 78.9 Å². The molecule has 0 saturated carbocycles. The number of allylic oxidation sites excluding steroid dienone is 18. The predicted octanol–water partition coefficient (Wildman–Crippen LogP) is 24.6. The molecule has 1 atom stereocenters. The van der Waals surface area contributed by atoms with Gasteiger partial charge in [0.15, 0.2) is 6.10 Å². The van der Waals surface area contributed by atoms with Gasteiger partial charge in [-0.2, -0.15) is 0 Å². The summed E-state index contributed by atoms with van der Waals surface area (Å²) < 4.78 is 17.0. The molecule has 0 aromatic heterocycles. The van der Waals surface area contributed by atoms with Crippen LogP contribution in [0.15, 0.2) is 109 Å². The zero-order valence-corrected chi connectivity index (χ0v) is 54.7. The summed E-state index contributed by atoms with van der Waals surface area (Å²) in [6.45, 7) is 6.43. The second kappa shape index (κ2) is 70.6. The van der Waals surface area contributed by atoms with Crippen LogP contribution in [0.3, 0.4) is 0 Å². The number of esters is 3. The molecule has 6 nitrogen and oxygen atoms in total.